The van der Waals surface area contributed by atoms with Crippen LogP contribution in [0.5, 0.6) is 0 Å². The molecule has 1 aromatic carbocycles. The van der Waals surface area contributed by atoms with Gasteiger partial charge in [-0.3, -0.25) is 9.98 Å². The predicted octanol–water partition coefficient (Wildman–Crippen LogP) is 5.55. The van der Waals surface area contributed by atoms with E-state index in [9.17, 15) is 0 Å². The van der Waals surface area contributed by atoms with Crippen LogP contribution < -0.4 is 5.32 Å². The number of nitrogens with one attached hydrogen (secondary N) is 1. The second kappa shape index (κ2) is 7.52. The van der Waals surface area contributed by atoms with Crippen molar-refractivity contribution in [3.05, 3.63) is 88.4 Å². The molecule has 0 saturated heterocycles. The van der Waals surface area contributed by atoms with Crippen LogP contribution in [0.3, 0.4) is 0 Å². The number of hydrogen-bond acceptors (Lipinski definition) is 3. The highest BCUT2D eigenvalue weighted by Gasteiger charge is 2.11. The summed E-state index contributed by atoms with van der Waals surface area (Å²) in [5, 5.41) is 3.47. The first-order valence-electron chi connectivity index (χ1n) is 8.87. The molecule has 0 radical (unpaired) electrons. The standard InChI is InChI=1S/C23H25N3/c1-15-13-16(2)23(17(3)14-15)25-19(5)22-12-8-11-21(26-22)18(4)24-20-9-6-7-10-20/h6-14,26H,1-5H3. The molecule has 3 nitrogen and oxygen atoms in total. The van der Waals surface area contributed by atoms with Gasteiger partial charge in [0.05, 0.1) is 34.2 Å². The Balaban J connectivity index is 1.87. The quantitative estimate of drug-likeness (QED) is 0.718. The molecule has 1 heterocycles. The third-order valence-corrected chi connectivity index (χ3v) is 4.43. The average Bonchev–Trinajstić information content (AvgIpc) is 3.11. The van der Waals surface area contributed by atoms with Crippen molar-refractivity contribution in [3.8, 4) is 0 Å². The third kappa shape index (κ3) is 3.99. The molecule has 26 heavy (non-hydrogen) atoms. The predicted molar refractivity (Wildman–Crippen MR) is 112 cm³/mol. The van der Waals surface area contributed by atoms with Gasteiger partial charge in [-0.2, -0.15) is 0 Å². The SMILES string of the molecule is CC(=Nc1c(C)cc(C)cc1C)C1=CC=CC(=C(C)N=C2C=CC=C2)N1. The van der Waals surface area contributed by atoms with Crippen LogP contribution in [0, 0.1) is 20.8 Å². The second-order valence-corrected chi connectivity index (χ2v) is 6.76. The number of aryl methyl sites for hydroxylation is 3. The number of nitrogens with zero attached hydrogens (tertiary/aromatic N) is 2. The van der Waals surface area contributed by atoms with Gasteiger partial charge in [0.15, 0.2) is 0 Å². The van der Waals surface area contributed by atoms with Crippen molar-refractivity contribution in [2.75, 3.05) is 0 Å². The summed E-state index contributed by atoms with van der Waals surface area (Å²) in [6.45, 7) is 10.4. The molecule has 1 aliphatic heterocycles. The fourth-order valence-electron chi connectivity index (χ4n) is 3.16. The van der Waals surface area contributed by atoms with Crippen LogP contribution in [0.1, 0.15) is 30.5 Å². The van der Waals surface area contributed by atoms with Gasteiger partial charge in [0.2, 0.25) is 0 Å². The number of allylic oxidation sites excluding steroid dienone is 9. The summed E-state index contributed by atoms with van der Waals surface area (Å²) in [5.74, 6) is 0. The fraction of sp³-hybridized carbons (Fsp3) is 0.217. The van der Waals surface area contributed by atoms with Gasteiger partial charge >= 0.3 is 0 Å². The molecule has 0 amide bonds. The average molecular weight is 343 g/mol. The lowest BCUT2D eigenvalue weighted by molar-refractivity contribution is 1.00. The summed E-state index contributed by atoms with van der Waals surface area (Å²) in [6, 6.07) is 4.35. The van der Waals surface area contributed by atoms with Crippen LogP contribution in [0.15, 0.2) is 81.7 Å². The van der Waals surface area contributed by atoms with Crippen LogP contribution >= 0.6 is 0 Å². The molecule has 0 fully saturated rings. The van der Waals surface area contributed by atoms with Crippen molar-refractivity contribution in [1.29, 1.82) is 0 Å². The Morgan fingerprint density at radius 2 is 1.54 bits per heavy atom. The molecular formula is C23H25N3. The van der Waals surface area contributed by atoms with Gasteiger partial charge in [-0.1, -0.05) is 35.9 Å². The van der Waals surface area contributed by atoms with Crippen LogP contribution in [-0.4, -0.2) is 11.4 Å². The Morgan fingerprint density at radius 3 is 2.19 bits per heavy atom. The van der Waals surface area contributed by atoms with Gasteiger partial charge in [-0.25, -0.2) is 0 Å². The van der Waals surface area contributed by atoms with Crippen molar-refractivity contribution >= 4 is 17.1 Å². The maximum absolute atomic E-state index is 4.89. The number of rotatable bonds is 3. The molecule has 1 aliphatic carbocycles. The molecule has 132 valence electrons. The smallest absolute Gasteiger partial charge is 0.0692 e. The number of hydrogen-bond donors (Lipinski definition) is 1. The van der Waals surface area contributed by atoms with E-state index in [1.54, 1.807) is 0 Å². The number of benzene rings is 1. The normalized spacial score (nSPS) is 18.1. The van der Waals surface area contributed by atoms with Crippen molar-refractivity contribution < 1.29 is 0 Å². The molecule has 0 aromatic heterocycles. The summed E-state index contributed by atoms with van der Waals surface area (Å²) in [6.07, 6.45) is 14.1. The van der Waals surface area contributed by atoms with E-state index in [0.29, 0.717) is 0 Å². The van der Waals surface area contributed by atoms with E-state index < -0.39 is 0 Å². The number of aliphatic imine (C=N–C) groups is 2. The zero-order valence-electron chi connectivity index (χ0n) is 16.1. The van der Waals surface area contributed by atoms with Gasteiger partial charge in [0, 0.05) is 0 Å². The molecular weight excluding hydrogens is 318 g/mol. The van der Waals surface area contributed by atoms with E-state index in [1.807, 2.05) is 50.3 Å². The Labute approximate surface area is 156 Å². The minimum atomic E-state index is 0.952. The van der Waals surface area contributed by atoms with E-state index >= 15 is 0 Å². The van der Waals surface area contributed by atoms with Crippen LogP contribution in [0.2, 0.25) is 0 Å². The summed E-state index contributed by atoms with van der Waals surface area (Å²) >= 11 is 0. The largest absolute Gasteiger partial charge is 0.353 e. The lowest BCUT2D eigenvalue weighted by Gasteiger charge is -2.17. The van der Waals surface area contributed by atoms with Gasteiger partial charge in [-0.05, 0) is 70.0 Å². The maximum Gasteiger partial charge on any atom is 0.0692 e. The van der Waals surface area contributed by atoms with E-state index in [1.165, 1.54) is 16.7 Å². The topological polar surface area (TPSA) is 36.8 Å². The Bertz CT molecular complexity index is 911. The number of dihydropyridines is 1. The first-order chi connectivity index (χ1) is 12.4. The highest BCUT2D eigenvalue weighted by Crippen LogP contribution is 2.26. The molecule has 0 saturated carbocycles. The molecule has 0 atom stereocenters. The molecule has 2 aliphatic rings. The van der Waals surface area contributed by atoms with Crippen molar-refractivity contribution in [1.82, 2.24) is 5.32 Å². The lowest BCUT2D eigenvalue weighted by Crippen LogP contribution is -2.20. The van der Waals surface area contributed by atoms with Crippen molar-refractivity contribution in [2.24, 2.45) is 9.98 Å². The second-order valence-electron chi connectivity index (χ2n) is 6.76. The summed E-state index contributed by atoms with van der Waals surface area (Å²) in [4.78, 5) is 9.55. The maximum atomic E-state index is 4.89. The van der Waals surface area contributed by atoms with Crippen molar-refractivity contribution in [2.45, 2.75) is 34.6 Å². The van der Waals surface area contributed by atoms with E-state index in [0.717, 1.165) is 34.2 Å². The first-order valence-corrected chi connectivity index (χ1v) is 8.87. The van der Waals surface area contributed by atoms with E-state index in [-0.39, 0.29) is 0 Å². The van der Waals surface area contributed by atoms with Gasteiger partial charge in [0.25, 0.3) is 0 Å². The molecule has 0 unspecified atom stereocenters. The summed E-state index contributed by atoms with van der Waals surface area (Å²) < 4.78 is 0. The molecule has 1 aromatic rings. The lowest BCUT2D eigenvalue weighted by atomic mass is 10.1. The summed E-state index contributed by atoms with van der Waals surface area (Å²) in [7, 11) is 0. The van der Waals surface area contributed by atoms with E-state index in [2.05, 4.69) is 49.3 Å². The Hall–Kier alpha value is -2.94. The van der Waals surface area contributed by atoms with Crippen LogP contribution in [0.4, 0.5) is 5.69 Å². The Kier molecular flexibility index (Phi) is 5.17. The minimum Gasteiger partial charge on any atom is -0.353 e. The zero-order chi connectivity index (χ0) is 18.7. The third-order valence-electron chi connectivity index (χ3n) is 4.43. The first kappa shape index (κ1) is 17.9. The molecule has 0 bridgehead atoms. The monoisotopic (exact) mass is 343 g/mol. The molecule has 3 rings (SSSR count). The Morgan fingerprint density at radius 1 is 0.885 bits per heavy atom. The zero-order valence-corrected chi connectivity index (χ0v) is 16.1. The molecule has 3 heteroatoms. The van der Waals surface area contributed by atoms with Gasteiger partial charge < -0.3 is 5.32 Å². The van der Waals surface area contributed by atoms with Crippen molar-refractivity contribution in [3.63, 3.8) is 0 Å². The van der Waals surface area contributed by atoms with Crippen LogP contribution in [-0.2, 0) is 0 Å². The van der Waals surface area contributed by atoms with Gasteiger partial charge in [0.1, 0.15) is 0 Å². The molecule has 0 spiro atoms. The highest BCUT2D eigenvalue weighted by molar-refractivity contribution is 6.07. The van der Waals surface area contributed by atoms with Gasteiger partial charge in [-0.15, -0.1) is 0 Å². The minimum absolute atomic E-state index is 0.952. The van der Waals surface area contributed by atoms with Crippen LogP contribution in [0.25, 0.3) is 0 Å². The highest BCUT2D eigenvalue weighted by atomic mass is 15.0. The van der Waals surface area contributed by atoms with E-state index in [4.69, 9.17) is 4.99 Å². The summed E-state index contributed by atoms with van der Waals surface area (Å²) in [5.41, 5.74) is 9.60. The fourth-order valence-corrected chi connectivity index (χ4v) is 3.16. The molecule has 1 N–H and O–H groups in total.